The molecule has 0 aliphatic heterocycles. The van der Waals surface area contributed by atoms with Gasteiger partial charge in [0.1, 0.15) is 6.29 Å². The fraction of sp³-hybridized carbons (Fsp3) is 0.444. The summed E-state index contributed by atoms with van der Waals surface area (Å²) in [7, 11) is 0. The fourth-order valence-electron chi connectivity index (χ4n) is 1.13. The van der Waals surface area contributed by atoms with E-state index in [1.165, 1.54) is 6.08 Å². The normalized spacial score (nSPS) is 11.4. The molecule has 78 valence electrons. The number of allylic oxidation sites excluding steroid dienone is 2. The summed E-state index contributed by atoms with van der Waals surface area (Å²) >= 11 is 0. The van der Waals surface area contributed by atoms with Crippen LogP contribution in [0.5, 0.6) is 0 Å². The summed E-state index contributed by atoms with van der Waals surface area (Å²) in [6, 6.07) is 0. The molecule has 0 fully saturated rings. The molecule has 0 aliphatic rings. The second-order valence-electron chi connectivity index (χ2n) is 2.80. The van der Waals surface area contributed by atoms with Gasteiger partial charge in [-0.1, -0.05) is 6.08 Å². The zero-order valence-electron chi connectivity index (χ0n) is 7.77. The Labute approximate surface area is 81.0 Å². The molecule has 0 bridgehead atoms. The Morgan fingerprint density at radius 1 is 1.21 bits per heavy atom. The Bertz CT molecular complexity index is 250. The second-order valence-corrected chi connectivity index (χ2v) is 2.80. The van der Waals surface area contributed by atoms with Gasteiger partial charge in [-0.05, 0) is 12.5 Å². The lowest BCUT2D eigenvalue weighted by Crippen LogP contribution is -2.15. The average Bonchev–Trinajstić information content (AvgIpc) is 2.03. The predicted molar refractivity (Wildman–Crippen MR) is 47.8 cm³/mol. The third-order valence-electron chi connectivity index (χ3n) is 1.78. The first-order valence-electron chi connectivity index (χ1n) is 4.06. The Hall–Kier alpha value is -1.65. The Kier molecular flexibility index (Phi) is 5.21. The van der Waals surface area contributed by atoms with Gasteiger partial charge in [-0.15, -0.1) is 0 Å². The van der Waals surface area contributed by atoms with Crippen LogP contribution in [-0.2, 0) is 14.4 Å². The van der Waals surface area contributed by atoms with Crippen molar-refractivity contribution in [3.05, 3.63) is 11.6 Å². The summed E-state index contributed by atoms with van der Waals surface area (Å²) in [6.45, 7) is 1.57. The standard InChI is InChI=1S/C9H12O5/c1-2-6(5-10)7(3-8(11)12)4-9(13)14/h2,5,7H,3-4H2,1H3,(H,11,12)(H,13,14)/b6-2+. The van der Waals surface area contributed by atoms with Gasteiger partial charge in [-0.3, -0.25) is 14.4 Å². The molecule has 5 heteroatoms. The molecule has 2 N–H and O–H groups in total. The van der Waals surface area contributed by atoms with Crippen molar-refractivity contribution < 1.29 is 24.6 Å². The van der Waals surface area contributed by atoms with Gasteiger partial charge in [0.15, 0.2) is 0 Å². The van der Waals surface area contributed by atoms with Crippen LogP contribution < -0.4 is 0 Å². The highest BCUT2D eigenvalue weighted by molar-refractivity contribution is 5.79. The van der Waals surface area contributed by atoms with Crippen molar-refractivity contribution in [1.82, 2.24) is 0 Å². The van der Waals surface area contributed by atoms with Crippen LogP contribution in [0.1, 0.15) is 19.8 Å². The van der Waals surface area contributed by atoms with Crippen LogP contribution in [0, 0.1) is 5.92 Å². The van der Waals surface area contributed by atoms with Gasteiger partial charge in [0.25, 0.3) is 0 Å². The smallest absolute Gasteiger partial charge is 0.303 e. The molecule has 5 nitrogen and oxygen atoms in total. The van der Waals surface area contributed by atoms with Crippen molar-refractivity contribution in [2.75, 3.05) is 0 Å². The first-order valence-corrected chi connectivity index (χ1v) is 4.06. The van der Waals surface area contributed by atoms with Crippen molar-refractivity contribution in [2.45, 2.75) is 19.8 Å². The van der Waals surface area contributed by atoms with E-state index in [0.717, 1.165) is 0 Å². The van der Waals surface area contributed by atoms with E-state index in [2.05, 4.69) is 0 Å². The van der Waals surface area contributed by atoms with E-state index in [1.807, 2.05) is 0 Å². The number of hydrogen-bond acceptors (Lipinski definition) is 3. The lowest BCUT2D eigenvalue weighted by molar-refractivity contribution is -0.140. The lowest BCUT2D eigenvalue weighted by atomic mass is 9.93. The van der Waals surface area contributed by atoms with E-state index in [-0.39, 0.29) is 18.4 Å². The maximum atomic E-state index is 10.5. The number of hydrogen-bond donors (Lipinski definition) is 2. The van der Waals surface area contributed by atoms with E-state index in [4.69, 9.17) is 10.2 Å². The van der Waals surface area contributed by atoms with Gasteiger partial charge >= 0.3 is 11.9 Å². The molecule has 0 aromatic carbocycles. The molecule has 0 saturated carbocycles. The van der Waals surface area contributed by atoms with Crippen LogP contribution in [-0.4, -0.2) is 28.4 Å². The monoisotopic (exact) mass is 200 g/mol. The van der Waals surface area contributed by atoms with Crippen LogP contribution in [0.15, 0.2) is 11.6 Å². The molecule has 0 heterocycles. The summed E-state index contributed by atoms with van der Waals surface area (Å²) < 4.78 is 0. The Balaban J connectivity index is 4.60. The Morgan fingerprint density at radius 3 is 1.86 bits per heavy atom. The molecule has 0 radical (unpaired) electrons. The maximum Gasteiger partial charge on any atom is 0.303 e. The summed E-state index contributed by atoms with van der Waals surface area (Å²) in [6.07, 6.45) is 1.25. The maximum absolute atomic E-state index is 10.5. The minimum absolute atomic E-state index is 0.217. The molecule has 0 aliphatic carbocycles. The van der Waals surface area contributed by atoms with Gasteiger partial charge in [0.05, 0.1) is 12.8 Å². The predicted octanol–water partition coefficient (Wildman–Crippen LogP) is 0.697. The topological polar surface area (TPSA) is 91.7 Å². The number of carbonyl (C=O) groups excluding carboxylic acids is 1. The van der Waals surface area contributed by atoms with Gasteiger partial charge in [-0.25, -0.2) is 0 Å². The highest BCUT2D eigenvalue weighted by atomic mass is 16.4. The highest BCUT2D eigenvalue weighted by Crippen LogP contribution is 2.17. The van der Waals surface area contributed by atoms with Crippen LogP contribution in [0.2, 0.25) is 0 Å². The molecule has 0 aromatic heterocycles. The van der Waals surface area contributed by atoms with Crippen LogP contribution >= 0.6 is 0 Å². The second kappa shape index (κ2) is 5.90. The molecule has 14 heavy (non-hydrogen) atoms. The average molecular weight is 200 g/mol. The zero-order valence-corrected chi connectivity index (χ0v) is 7.77. The minimum atomic E-state index is -1.11. The summed E-state index contributed by atoms with van der Waals surface area (Å²) in [5.74, 6) is -2.97. The third-order valence-corrected chi connectivity index (χ3v) is 1.78. The first kappa shape index (κ1) is 12.3. The molecule has 0 atom stereocenters. The number of carboxylic acids is 2. The number of rotatable bonds is 6. The number of carboxylic acid groups (broad SMARTS) is 2. The van der Waals surface area contributed by atoms with Gasteiger partial charge in [-0.2, -0.15) is 0 Å². The summed E-state index contributed by atoms with van der Waals surface area (Å²) in [5.41, 5.74) is 0.217. The number of carbonyl (C=O) groups is 3. The van der Waals surface area contributed by atoms with E-state index in [9.17, 15) is 14.4 Å². The third kappa shape index (κ3) is 4.39. The fourth-order valence-corrected chi connectivity index (χ4v) is 1.13. The molecule has 0 unspecified atom stereocenters. The van der Waals surface area contributed by atoms with Crippen molar-refractivity contribution in [1.29, 1.82) is 0 Å². The quantitative estimate of drug-likeness (QED) is 0.486. The van der Waals surface area contributed by atoms with Crippen molar-refractivity contribution in [2.24, 2.45) is 5.92 Å². The molecule has 0 amide bonds. The minimum Gasteiger partial charge on any atom is -0.481 e. The van der Waals surface area contributed by atoms with Gasteiger partial charge in [0, 0.05) is 5.92 Å². The van der Waals surface area contributed by atoms with E-state index >= 15 is 0 Å². The zero-order chi connectivity index (χ0) is 11.1. The van der Waals surface area contributed by atoms with E-state index in [1.54, 1.807) is 6.92 Å². The summed E-state index contributed by atoms with van der Waals surface area (Å²) in [5, 5.41) is 17.0. The Morgan fingerprint density at radius 2 is 1.64 bits per heavy atom. The van der Waals surface area contributed by atoms with Crippen LogP contribution in [0.25, 0.3) is 0 Å². The van der Waals surface area contributed by atoms with Gasteiger partial charge < -0.3 is 10.2 Å². The van der Waals surface area contributed by atoms with Crippen molar-refractivity contribution in [3.63, 3.8) is 0 Å². The van der Waals surface area contributed by atoms with E-state index in [0.29, 0.717) is 6.29 Å². The van der Waals surface area contributed by atoms with Crippen molar-refractivity contribution in [3.8, 4) is 0 Å². The van der Waals surface area contributed by atoms with Crippen LogP contribution in [0.4, 0.5) is 0 Å². The van der Waals surface area contributed by atoms with E-state index < -0.39 is 17.9 Å². The lowest BCUT2D eigenvalue weighted by Gasteiger charge is -2.11. The molecule has 0 rings (SSSR count). The van der Waals surface area contributed by atoms with Crippen LogP contribution in [0.3, 0.4) is 0 Å². The number of aliphatic carboxylic acids is 2. The molecule has 0 aromatic rings. The highest BCUT2D eigenvalue weighted by Gasteiger charge is 2.20. The number of aldehydes is 1. The molecular weight excluding hydrogens is 188 g/mol. The van der Waals surface area contributed by atoms with Gasteiger partial charge in [0.2, 0.25) is 0 Å². The molecule has 0 saturated heterocycles. The molecular formula is C9H12O5. The SMILES string of the molecule is C/C=C(\C=O)C(CC(=O)O)CC(=O)O. The largest absolute Gasteiger partial charge is 0.481 e. The first-order chi connectivity index (χ1) is 6.51. The van der Waals surface area contributed by atoms with Crippen molar-refractivity contribution >= 4 is 18.2 Å². The summed E-state index contributed by atoms with van der Waals surface area (Å²) in [4.78, 5) is 31.3. The molecule has 0 spiro atoms.